The number of esters is 1. The Morgan fingerprint density at radius 3 is 1.31 bits per heavy atom. The topological polar surface area (TPSA) is 95.9 Å². The van der Waals surface area contributed by atoms with Crippen molar-refractivity contribution in [3.63, 3.8) is 0 Å². The minimum atomic E-state index is -0.817. The Morgan fingerprint density at radius 2 is 0.875 bits per heavy atom. The van der Waals surface area contributed by atoms with Crippen LogP contribution in [0, 0.1) is 0 Å². The Bertz CT molecular complexity index is 1190. The van der Waals surface area contributed by atoms with E-state index >= 15 is 0 Å². The minimum Gasteiger partial charge on any atom is -0.461 e. The van der Waals surface area contributed by atoms with Crippen LogP contribution in [0.15, 0.2) is 72.9 Å². The predicted octanol–water partition coefficient (Wildman–Crippen LogP) is 16.6. The summed E-state index contributed by atoms with van der Waals surface area (Å²) in [5.41, 5.74) is 0. The fourth-order valence-corrected chi connectivity index (χ4v) is 7.92. The van der Waals surface area contributed by atoms with Gasteiger partial charge < -0.3 is 20.3 Å². The number of allylic oxidation sites excluding steroid dienone is 11. The van der Waals surface area contributed by atoms with E-state index in [2.05, 4.69) is 86.8 Å². The molecule has 0 spiro atoms. The van der Waals surface area contributed by atoms with Gasteiger partial charge in [0.15, 0.2) is 0 Å². The first-order valence-corrected chi connectivity index (χ1v) is 27.2. The average molecular weight is 894 g/mol. The predicted molar refractivity (Wildman–Crippen MR) is 278 cm³/mol. The Hall–Kier alpha value is -2.70. The molecule has 0 fully saturated rings. The van der Waals surface area contributed by atoms with Crippen molar-refractivity contribution >= 4 is 11.9 Å². The molecular formula is C58H103NO5. The van der Waals surface area contributed by atoms with E-state index in [0.29, 0.717) is 19.3 Å². The highest BCUT2D eigenvalue weighted by Gasteiger charge is 2.23. The molecule has 0 saturated heterocycles. The van der Waals surface area contributed by atoms with Gasteiger partial charge in [0, 0.05) is 12.8 Å². The maximum atomic E-state index is 13.2. The third-order valence-electron chi connectivity index (χ3n) is 12.0. The quantitative estimate of drug-likeness (QED) is 0.0321. The van der Waals surface area contributed by atoms with Crippen molar-refractivity contribution in [3.8, 4) is 0 Å². The van der Waals surface area contributed by atoms with Gasteiger partial charge in [-0.2, -0.15) is 0 Å². The monoisotopic (exact) mass is 894 g/mol. The number of carbonyl (C=O) groups excluding carboxylic acids is 2. The van der Waals surface area contributed by atoms with E-state index in [-0.39, 0.29) is 24.9 Å². The lowest BCUT2D eigenvalue weighted by molar-refractivity contribution is -0.150. The molecule has 6 nitrogen and oxygen atoms in total. The SMILES string of the molecule is CC/C=C\C/C=C\C/C=C\C/C=C\C/C=C\CC(CC(=O)NC(CO)C(O)CCCCCCCCCCCCCCCCCCC)OC(=O)CCCCC/C=C\CCCCCCCC. The minimum absolute atomic E-state index is 0.00814. The number of aliphatic hydroxyl groups is 2. The molecular weight excluding hydrogens is 791 g/mol. The van der Waals surface area contributed by atoms with Crippen molar-refractivity contribution in [2.75, 3.05) is 6.61 Å². The number of hydrogen-bond acceptors (Lipinski definition) is 5. The number of ether oxygens (including phenoxy) is 1. The zero-order valence-corrected chi connectivity index (χ0v) is 42.1. The van der Waals surface area contributed by atoms with Gasteiger partial charge in [-0.1, -0.05) is 241 Å². The van der Waals surface area contributed by atoms with Gasteiger partial charge in [-0.05, 0) is 70.6 Å². The first-order chi connectivity index (χ1) is 31.5. The molecule has 0 bridgehead atoms. The molecule has 0 aliphatic heterocycles. The van der Waals surface area contributed by atoms with Crippen LogP contribution in [-0.4, -0.2) is 46.9 Å². The molecule has 6 heteroatoms. The molecule has 370 valence electrons. The number of hydrogen-bond donors (Lipinski definition) is 3. The second kappa shape index (κ2) is 51.3. The van der Waals surface area contributed by atoms with Gasteiger partial charge in [0.25, 0.3) is 0 Å². The van der Waals surface area contributed by atoms with E-state index in [9.17, 15) is 19.8 Å². The zero-order valence-electron chi connectivity index (χ0n) is 42.1. The Labute approximate surface area is 396 Å². The normalized spacial score (nSPS) is 13.8. The number of amides is 1. The zero-order chi connectivity index (χ0) is 46.7. The van der Waals surface area contributed by atoms with Crippen LogP contribution >= 0.6 is 0 Å². The number of nitrogens with one attached hydrogen (secondary N) is 1. The summed E-state index contributed by atoms with van der Waals surface area (Å²) in [5, 5.41) is 23.8. The molecule has 0 aromatic rings. The number of rotatable bonds is 48. The molecule has 0 saturated carbocycles. The summed E-state index contributed by atoms with van der Waals surface area (Å²) in [6, 6.07) is -0.738. The van der Waals surface area contributed by atoms with Crippen LogP contribution in [0.3, 0.4) is 0 Å². The Balaban J connectivity index is 4.67. The summed E-state index contributed by atoms with van der Waals surface area (Å²) in [6.07, 6.45) is 65.5. The molecule has 3 unspecified atom stereocenters. The van der Waals surface area contributed by atoms with Crippen LogP contribution in [-0.2, 0) is 14.3 Å². The van der Waals surface area contributed by atoms with Crippen LogP contribution in [0.2, 0.25) is 0 Å². The summed E-state index contributed by atoms with van der Waals surface area (Å²) in [7, 11) is 0. The van der Waals surface area contributed by atoms with Crippen LogP contribution in [0.5, 0.6) is 0 Å². The second-order valence-electron chi connectivity index (χ2n) is 18.3. The van der Waals surface area contributed by atoms with Crippen molar-refractivity contribution in [3.05, 3.63) is 72.9 Å². The molecule has 0 aliphatic carbocycles. The summed E-state index contributed by atoms with van der Waals surface area (Å²) in [6.45, 7) is 6.34. The molecule has 3 atom stereocenters. The Morgan fingerprint density at radius 1 is 0.484 bits per heavy atom. The van der Waals surface area contributed by atoms with Gasteiger partial charge in [0.2, 0.25) is 5.91 Å². The van der Waals surface area contributed by atoms with E-state index in [1.165, 1.54) is 128 Å². The first kappa shape index (κ1) is 61.3. The molecule has 0 heterocycles. The second-order valence-corrected chi connectivity index (χ2v) is 18.3. The van der Waals surface area contributed by atoms with Crippen LogP contribution in [0.25, 0.3) is 0 Å². The molecule has 0 rings (SSSR count). The van der Waals surface area contributed by atoms with Crippen molar-refractivity contribution < 1.29 is 24.5 Å². The lowest BCUT2D eigenvalue weighted by Gasteiger charge is -2.24. The lowest BCUT2D eigenvalue weighted by Crippen LogP contribution is -2.46. The maximum absolute atomic E-state index is 13.2. The standard InChI is InChI=1S/C58H103NO5/c1-4-7-10-13-16-19-22-25-27-28-30-33-35-38-41-44-47-50-56(61)55(53-60)59-57(62)52-54(49-46-43-40-37-34-32-29-26-23-20-17-14-11-8-5-2)64-58(63)51-48-45-42-39-36-31-24-21-18-15-12-9-6-3/h8,11,17,20,26,29,31,34,36-37,43,46,54-56,60-61H,4-7,9-10,12-16,18-19,21-25,27-28,30,32-33,35,38-42,44-45,47-53H2,1-3H3,(H,59,62)/b11-8-,20-17-,29-26-,36-31-,37-34-,46-43-. The fourth-order valence-electron chi connectivity index (χ4n) is 7.92. The molecule has 64 heavy (non-hydrogen) atoms. The van der Waals surface area contributed by atoms with Crippen molar-refractivity contribution in [1.82, 2.24) is 5.32 Å². The van der Waals surface area contributed by atoms with Gasteiger partial charge in [-0.3, -0.25) is 9.59 Å². The largest absolute Gasteiger partial charge is 0.461 e. The third kappa shape index (κ3) is 45.9. The van der Waals surface area contributed by atoms with Gasteiger partial charge in [-0.25, -0.2) is 0 Å². The molecule has 0 aromatic heterocycles. The van der Waals surface area contributed by atoms with Gasteiger partial charge in [0.05, 0.1) is 25.2 Å². The van der Waals surface area contributed by atoms with E-state index in [4.69, 9.17) is 4.74 Å². The highest BCUT2D eigenvalue weighted by molar-refractivity contribution is 5.77. The van der Waals surface area contributed by atoms with Crippen LogP contribution in [0.4, 0.5) is 0 Å². The van der Waals surface area contributed by atoms with Crippen molar-refractivity contribution in [2.24, 2.45) is 0 Å². The smallest absolute Gasteiger partial charge is 0.306 e. The third-order valence-corrected chi connectivity index (χ3v) is 12.0. The van der Waals surface area contributed by atoms with Gasteiger partial charge >= 0.3 is 5.97 Å². The number of aliphatic hydroxyl groups excluding tert-OH is 2. The van der Waals surface area contributed by atoms with Gasteiger partial charge in [-0.15, -0.1) is 0 Å². The maximum Gasteiger partial charge on any atom is 0.306 e. The average Bonchev–Trinajstić information content (AvgIpc) is 3.29. The highest BCUT2D eigenvalue weighted by Crippen LogP contribution is 2.17. The Kier molecular flexibility index (Phi) is 49.1. The number of unbranched alkanes of at least 4 members (excludes halogenated alkanes) is 25. The highest BCUT2D eigenvalue weighted by atomic mass is 16.5. The summed E-state index contributed by atoms with van der Waals surface area (Å²) in [5.74, 6) is -0.597. The molecule has 3 N–H and O–H groups in total. The first-order valence-electron chi connectivity index (χ1n) is 27.2. The van der Waals surface area contributed by atoms with Crippen LogP contribution < -0.4 is 5.32 Å². The molecule has 0 aromatic carbocycles. The van der Waals surface area contributed by atoms with Crippen molar-refractivity contribution in [2.45, 2.75) is 277 Å². The lowest BCUT2D eigenvalue weighted by atomic mass is 10.0. The summed E-state index contributed by atoms with van der Waals surface area (Å²) < 4.78 is 5.86. The van der Waals surface area contributed by atoms with E-state index < -0.39 is 18.2 Å². The van der Waals surface area contributed by atoms with Gasteiger partial charge in [0.1, 0.15) is 6.10 Å². The fraction of sp³-hybridized carbons (Fsp3) is 0.759. The molecule has 0 radical (unpaired) electrons. The van der Waals surface area contributed by atoms with Crippen molar-refractivity contribution in [1.29, 1.82) is 0 Å². The molecule has 0 aliphatic rings. The summed E-state index contributed by atoms with van der Waals surface area (Å²) in [4.78, 5) is 26.1. The van der Waals surface area contributed by atoms with Crippen LogP contribution in [0.1, 0.15) is 258 Å². The van der Waals surface area contributed by atoms with E-state index in [1.807, 2.05) is 12.2 Å². The summed E-state index contributed by atoms with van der Waals surface area (Å²) >= 11 is 0. The van der Waals surface area contributed by atoms with E-state index in [0.717, 1.165) is 83.5 Å². The van der Waals surface area contributed by atoms with E-state index in [1.54, 1.807) is 0 Å². The molecule has 1 amide bonds. The number of carbonyl (C=O) groups is 2.